The summed E-state index contributed by atoms with van der Waals surface area (Å²) in [5, 5.41) is 5.14. The highest BCUT2D eigenvalue weighted by Gasteiger charge is 2.36. The SMILES string of the molecule is CN1CCN(S(=O)(=O)c2cccc(S(N)(=O)=O)c2)C(c2ccccc2)C1. The average Bonchev–Trinajstić information content (AvgIpc) is 2.61. The van der Waals surface area contributed by atoms with Crippen molar-refractivity contribution in [1.29, 1.82) is 0 Å². The van der Waals surface area contributed by atoms with Crippen LogP contribution in [0.25, 0.3) is 0 Å². The molecule has 1 aliphatic rings. The van der Waals surface area contributed by atoms with Crippen LogP contribution >= 0.6 is 0 Å². The van der Waals surface area contributed by atoms with Crippen LogP contribution in [0.1, 0.15) is 11.6 Å². The summed E-state index contributed by atoms with van der Waals surface area (Å²) in [5.74, 6) is 0. The smallest absolute Gasteiger partial charge is 0.243 e. The number of benzene rings is 2. The summed E-state index contributed by atoms with van der Waals surface area (Å²) in [6.45, 7) is 1.47. The first-order chi connectivity index (χ1) is 12.2. The third-order valence-corrected chi connectivity index (χ3v) is 7.27. The Morgan fingerprint density at radius 3 is 2.23 bits per heavy atom. The highest BCUT2D eigenvalue weighted by atomic mass is 32.2. The number of hydrogen-bond donors (Lipinski definition) is 1. The Morgan fingerprint density at radius 2 is 1.58 bits per heavy atom. The van der Waals surface area contributed by atoms with E-state index >= 15 is 0 Å². The summed E-state index contributed by atoms with van der Waals surface area (Å²) < 4.78 is 51.1. The molecule has 1 fully saturated rings. The molecule has 2 N–H and O–H groups in total. The van der Waals surface area contributed by atoms with Crippen LogP contribution in [0.15, 0.2) is 64.4 Å². The summed E-state index contributed by atoms with van der Waals surface area (Å²) in [5.41, 5.74) is 0.894. The van der Waals surface area contributed by atoms with Crippen molar-refractivity contribution in [3.63, 3.8) is 0 Å². The quantitative estimate of drug-likeness (QED) is 0.833. The lowest BCUT2D eigenvalue weighted by molar-refractivity contribution is 0.160. The first kappa shape index (κ1) is 19.0. The van der Waals surface area contributed by atoms with Gasteiger partial charge in [-0.1, -0.05) is 36.4 Å². The molecule has 0 aromatic heterocycles. The predicted molar refractivity (Wildman–Crippen MR) is 98.4 cm³/mol. The van der Waals surface area contributed by atoms with Crippen LogP contribution in [0.4, 0.5) is 0 Å². The molecular formula is C17H21N3O4S2. The van der Waals surface area contributed by atoms with E-state index < -0.39 is 20.0 Å². The zero-order valence-corrected chi connectivity index (χ0v) is 15.9. The van der Waals surface area contributed by atoms with E-state index in [2.05, 4.69) is 4.90 Å². The molecule has 2 aromatic carbocycles. The van der Waals surface area contributed by atoms with Crippen LogP contribution in [0, 0.1) is 0 Å². The van der Waals surface area contributed by atoms with E-state index in [1.807, 2.05) is 37.4 Å². The van der Waals surface area contributed by atoms with Crippen molar-refractivity contribution < 1.29 is 16.8 Å². The van der Waals surface area contributed by atoms with Crippen molar-refractivity contribution in [2.75, 3.05) is 26.7 Å². The first-order valence-electron chi connectivity index (χ1n) is 8.08. The van der Waals surface area contributed by atoms with Crippen molar-refractivity contribution in [3.05, 3.63) is 60.2 Å². The number of likely N-dealkylation sites (N-methyl/N-ethyl adjacent to an activating group) is 1. The maximum atomic E-state index is 13.2. The van der Waals surface area contributed by atoms with E-state index in [0.717, 1.165) is 11.6 Å². The lowest BCUT2D eigenvalue weighted by Crippen LogP contribution is -2.49. The second kappa shape index (κ2) is 7.09. The molecule has 0 saturated carbocycles. The summed E-state index contributed by atoms with van der Waals surface area (Å²) in [7, 11) is -5.91. The first-order valence-corrected chi connectivity index (χ1v) is 11.1. The lowest BCUT2D eigenvalue weighted by Gasteiger charge is -2.39. The summed E-state index contributed by atoms with van der Waals surface area (Å²) in [4.78, 5) is 1.78. The van der Waals surface area contributed by atoms with Gasteiger partial charge in [-0.15, -0.1) is 0 Å². The molecule has 1 atom stereocenters. The van der Waals surface area contributed by atoms with Crippen LogP contribution in [0.5, 0.6) is 0 Å². The Hall–Kier alpha value is -1.78. The average molecular weight is 396 g/mol. The Kier molecular flexibility index (Phi) is 5.18. The molecule has 9 heteroatoms. The Labute approximate surface area is 154 Å². The number of piperazine rings is 1. The Bertz CT molecular complexity index is 992. The fraction of sp³-hybridized carbons (Fsp3) is 0.294. The zero-order valence-electron chi connectivity index (χ0n) is 14.3. The van der Waals surface area contributed by atoms with Crippen molar-refractivity contribution in [2.45, 2.75) is 15.8 Å². The van der Waals surface area contributed by atoms with Gasteiger partial charge in [0.25, 0.3) is 0 Å². The molecule has 3 rings (SSSR count). The van der Waals surface area contributed by atoms with E-state index in [9.17, 15) is 16.8 Å². The zero-order chi connectivity index (χ0) is 18.9. The monoisotopic (exact) mass is 395 g/mol. The van der Waals surface area contributed by atoms with Gasteiger partial charge < -0.3 is 4.90 Å². The van der Waals surface area contributed by atoms with E-state index in [4.69, 9.17) is 5.14 Å². The summed E-state index contributed by atoms with van der Waals surface area (Å²) >= 11 is 0. The number of hydrogen-bond acceptors (Lipinski definition) is 5. The second-order valence-electron chi connectivity index (χ2n) is 6.32. The third kappa shape index (κ3) is 3.81. The van der Waals surface area contributed by atoms with Crippen molar-refractivity contribution >= 4 is 20.0 Å². The fourth-order valence-corrected chi connectivity index (χ4v) is 5.36. The topological polar surface area (TPSA) is 101 Å². The number of sulfonamides is 2. The van der Waals surface area contributed by atoms with Gasteiger partial charge in [-0.25, -0.2) is 22.0 Å². The molecule has 1 unspecified atom stereocenters. The van der Waals surface area contributed by atoms with E-state index in [1.54, 1.807) is 0 Å². The van der Waals surface area contributed by atoms with Gasteiger partial charge in [-0.05, 0) is 30.8 Å². The highest BCUT2D eigenvalue weighted by molar-refractivity contribution is 7.90. The molecule has 1 aliphatic heterocycles. The molecule has 0 bridgehead atoms. The van der Waals surface area contributed by atoms with Crippen LogP contribution < -0.4 is 5.14 Å². The van der Waals surface area contributed by atoms with Gasteiger partial charge in [-0.2, -0.15) is 4.31 Å². The standard InChI is InChI=1S/C17H21N3O4S2/c1-19-10-11-20(17(13-19)14-6-3-2-4-7-14)26(23,24)16-9-5-8-15(12-16)25(18,21)22/h2-9,12,17H,10-11,13H2,1H3,(H2,18,21,22). The highest BCUT2D eigenvalue weighted by Crippen LogP contribution is 2.31. The normalized spacial score (nSPS) is 20.2. The van der Waals surface area contributed by atoms with Gasteiger partial charge in [0.2, 0.25) is 20.0 Å². The van der Waals surface area contributed by atoms with Gasteiger partial charge in [0.05, 0.1) is 15.8 Å². The van der Waals surface area contributed by atoms with Crippen molar-refractivity contribution in [3.8, 4) is 0 Å². The molecule has 7 nitrogen and oxygen atoms in total. The molecular weight excluding hydrogens is 374 g/mol. The molecule has 0 spiro atoms. The van der Waals surface area contributed by atoms with Crippen LogP contribution in [0.3, 0.4) is 0 Å². The van der Waals surface area contributed by atoms with Gasteiger partial charge in [-0.3, -0.25) is 0 Å². The van der Waals surface area contributed by atoms with Gasteiger partial charge in [0, 0.05) is 19.6 Å². The summed E-state index contributed by atoms with van der Waals surface area (Å²) in [6, 6.07) is 14.2. The Balaban J connectivity index is 2.04. The number of nitrogens with two attached hydrogens (primary N) is 1. The molecule has 0 amide bonds. The Morgan fingerprint density at radius 1 is 0.923 bits per heavy atom. The van der Waals surface area contributed by atoms with Gasteiger partial charge in [0.1, 0.15) is 0 Å². The molecule has 1 saturated heterocycles. The largest absolute Gasteiger partial charge is 0.303 e. The maximum absolute atomic E-state index is 13.2. The van der Waals surface area contributed by atoms with Crippen LogP contribution in [-0.2, 0) is 20.0 Å². The molecule has 0 radical (unpaired) electrons. The number of primary sulfonamides is 1. The minimum atomic E-state index is -3.98. The maximum Gasteiger partial charge on any atom is 0.243 e. The number of rotatable bonds is 4. The lowest BCUT2D eigenvalue weighted by atomic mass is 10.1. The third-order valence-electron chi connectivity index (χ3n) is 4.46. The molecule has 0 aliphatic carbocycles. The summed E-state index contributed by atoms with van der Waals surface area (Å²) in [6.07, 6.45) is 0. The van der Waals surface area contributed by atoms with E-state index in [0.29, 0.717) is 19.6 Å². The van der Waals surface area contributed by atoms with Crippen molar-refractivity contribution in [2.24, 2.45) is 5.14 Å². The molecule has 2 aromatic rings. The van der Waals surface area contributed by atoms with Gasteiger partial charge in [0.15, 0.2) is 0 Å². The second-order valence-corrected chi connectivity index (χ2v) is 9.78. The van der Waals surface area contributed by atoms with E-state index in [1.165, 1.54) is 22.5 Å². The van der Waals surface area contributed by atoms with Crippen LogP contribution in [0.2, 0.25) is 0 Å². The van der Waals surface area contributed by atoms with Gasteiger partial charge >= 0.3 is 0 Å². The minimum absolute atomic E-state index is 0.0745. The predicted octanol–water partition coefficient (Wildman–Crippen LogP) is 1.01. The van der Waals surface area contributed by atoms with E-state index in [-0.39, 0.29) is 15.8 Å². The molecule has 140 valence electrons. The molecule has 26 heavy (non-hydrogen) atoms. The fourth-order valence-electron chi connectivity index (χ4n) is 3.08. The van der Waals surface area contributed by atoms with Crippen LogP contribution in [-0.4, -0.2) is 52.7 Å². The molecule has 1 heterocycles. The number of nitrogens with zero attached hydrogens (tertiary/aromatic N) is 2. The van der Waals surface area contributed by atoms with Crippen molar-refractivity contribution in [1.82, 2.24) is 9.21 Å². The minimum Gasteiger partial charge on any atom is -0.303 e.